The number of nitrogen functional groups attached to an aromatic ring is 1. The molecule has 0 amide bonds. The van der Waals surface area contributed by atoms with E-state index in [0.29, 0.717) is 6.61 Å². The van der Waals surface area contributed by atoms with Gasteiger partial charge in [-0.05, 0) is 38.4 Å². The first kappa shape index (κ1) is 30.0. The van der Waals surface area contributed by atoms with Crippen molar-refractivity contribution in [3.05, 3.63) is 47.1 Å². The Balaban J connectivity index is 1.61. The first-order valence-corrected chi connectivity index (χ1v) is 14.1. The van der Waals surface area contributed by atoms with Gasteiger partial charge in [0, 0.05) is 4.91 Å². The minimum atomic E-state index is -4.21. The average molecular weight is 592 g/mol. The SMILES string of the molecule is CCOC(=O)CNP(=O)(OC[C@H]1O[C@@H](n2cnc3c(OCC)nc(N)nc32)[C@](C)(N=[N+]=[N-])[C@@H]1O)Oc1ccccc1. The van der Waals surface area contributed by atoms with E-state index in [1.54, 1.807) is 44.2 Å². The first-order valence-electron chi connectivity index (χ1n) is 12.6. The highest BCUT2D eigenvalue weighted by Crippen LogP contribution is 2.47. The van der Waals surface area contributed by atoms with Crippen LogP contribution in [0.25, 0.3) is 21.6 Å². The molecule has 17 nitrogen and oxygen atoms in total. The number of fused-ring (bicyclic) bond motifs is 1. The number of imidazole rings is 1. The maximum absolute atomic E-state index is 13.6. The molecular weight excluding hydrogens is 561 g/mol. The van der Waals surface area contributed by atoms with E-state index < -0.39 is 50.8 Å². The number of anilines is 1. The van der Waals surface area contributed by atoms with Crippen molar-refractivity contribution in [1.82, 2.24) is 24.6 Å². The van der Waals surface area contributed by atoms with Crippen LogP contribution in [0.15, 0.2) is 41.8 Å². The Morgan fingerprint density at radius 1 is 1.32 bits per heavy atom. The molecule has 1 unspecified atom stereocenters. The summed E-state index contributed by atoms with van der Waals surface area (Å²) in [6.45, 7) is 4.31. The molecule has 5 atom stereocenters. The predicted octanol–water partition coefficient (Wildman–Crippen LogP) is 2.49. The van der Waals surface area contributed by atoms with Crippen molar-refractivity contribution in [3.63, 3.8) is 0 Å². The van der Waals surface area contributed by atoms with Crippen LogP contribution in [0.3, 0.4) is 0 Å². The lowest BCUT2D eigenvalue weighted by molar-refractivity contribution is -0.141. The van der Waals surface area contributed by atoms with E-state index in [2.05, 4.69) is 30.1 Å². The van der Waals surface area contributed by atoms with Crippen LogP contribution in [0.2, 0.25) is 0 Å². The van der Waals surface area contributed by atoms with E-state index in [9.17, 15) is 20.0 Å². The van der Waals surface area contributed by atoms with Crippen LogP contribution in [-0.2, 0) is 23.4 Å². The number of carbonyl (C=O) groups excluding carboxylic acids is 1. The predicted molar refractivity (Wildman–Crippen MR) is 144 cm³/mol. The Kier molecular flexibility index (Phi) is 9.28. The van der Waals surface area contributed by atoms with E-state index in [4.69, 9.17) is 29.0 Å². The molecule has 2 aromatic heterocycles. The van der Waals surface area contributed by atoms with E-state index in [1.807, 2.05) is 0 Å². The Bertz CT molecular complexity index is 1470. The lowest BCUT2D eigenvalue weighted by atomic mass is 9.93. The monoisotopic (exact) mass is 591 g/mol. The second-order valence-electron chi connectivity index (χ2n) is 8.87. The number of nitrogens with one attached hydrogen (secondary N) is 1. The summed E-state index contributed by atoms with van der Waals surface area (Å²) in [5, 5.41) is 17.5. The number of benzene rings is 1. The third kappa shape index (κ3) is 6.51. The zero-order valence-electron chi connectivity index (χ0n) is 22.5. The zero-order valence-corrected chi connectivity index (χ0v) is 23.4. The highest BCUT2D eigenvalue weighted by atomic mass is 31.2. The molecular formula is C23H30N9O8P. The fourth-order valence-electron chi connectivity index (χ4n) is 4.17. The molecule has 1 aromatic carbocycles. The molecule has 4 rings (SSSR count). The van der Waals surface area contributed by atoms with Gasteiger partial charge in [-0.25, -0.2) is 14.6 Å². The van der Waals surface area contributed by atoms with Crippen molar-refractivity contribution in [2.45, 2.75) is 44.7 Å². The van der Waals surface area contributed by atoms with Crippen molar-refractivity contribution in [2.24, 2.45) is 5.11 Å². The molecule has 3 heterocycles. The van der Waals surface area contributed by atoms with E-state index >= 15 is 0 Å². The summed E-state index contributed by atoms with van der Waals surface area (Å²) in [6.07, 6.45) is -2.44. The van der Waals surface area contributed by atoms with Crippen LogP contribution >= 0.6 is 7.75 Å². The summed E-state index contributed by atoms with van der Waals surface area (Å²) in [7, 11) is -4.21. The largest absolute Gasteiger partial charge is 0.476 e. The normalized spacial score (nSPS) is 23.5. The van der Waals surface area contributed by atoms with Gasteiger partial charge in [0.1, 0.15) is 23.9 Å². The van der Waals surface area contributed by atoms with Gasteiger partial charge in [-0.15, -0.1) is 0 Å². The summed E-state index contributed by atoms with van der Waals surface area (Å²) in [5.74, 6) is -0.437. The maximum atomic E-state index is 13.6. The molecule has 0 bridgehead atoms. The molecule has 0 aliphatic carbocycles. The Morgan fingerprint density at radius 3 is 2.76 bits per heavy atom. The van der Waals surface area contributed by atoms with Crippen molar-refractivity contribution in [2.75, 3.05) is 32.1 Å². The van der Waals surface area contributed by atoms with Gasteiger partial charge in [-0.1, -0.05) is 23.3 Å². The molecule has 1 saturated heterocycles. The van der Waals surface area contributed by atoms with Gasteiger partial charge in [0.25, 0.3) is 0 Å². The number of aliphatic hydroxyl groups is 1. The van der Waals surface area contributed by atoms with Crippen LogP contribution in [0.5, 0.6) is 11.6 Å². The van der Waals surface area contributed by atoms with Gasteiger partial charge in [0.15, 0.2) is 17.4 Å². The number of hydrogen-bond donors (Lipinski definition) is 3. The minimum Gasteiger partial charge on any atom is -0.476 e. The second kappa shape index (κ2) is 12.7. The molecule has 4 N–H and O–H groups in total. The van der Waals surface area contributed by atoms with Crippen LogP contribution in [0.1, 0.15) is 27.0 Å². The number of nitrogens with zero attached hydrogens (tertiary/aromatic N) is 7. The molecule has 0 spiro atoms. The van der Waals surface area contributed by atoms with E-state index in [0.717, 1.165) is 0 Å². The summed E-state index contributed by atoms with van der Waals surface area (Å²) >= 11 is 0. The van der Waals surface area contributed by atoms with Gasteiger partial charge in [0.2, 0.25) is 11.8 Å². The van der Waals surface area contributed by atoms with Gasteiger partial charge in [-0.3, -0.25) is 13.9 Å². The van der Waals surface area contributed by atoms with Crippen LogP contribution in [-0.4, -0.2) is 74.7 Å². The third-order valence-electron chi connectivity index (χ3n) is 6.06. The summed E-state index contributed by atoms with van der Waals surface area (Å²) < 4.78 is 42.7. The minimum absolute atomic E-state index is 0.0988. The van der Waals surface area contributed by atoms with Crippen LogP contribution in [0.4, 0.5) is 5.95 Å². The van der Waals surface area contributed by atoms with Crippen molar-refractivity contribution < 1.29 is 37.7 Å². The summed E-state index contributed by atoms with van der Waals surface area (Å²) in [6, 6.07) is 8.15. The summed E-state index contributed by atoms with van der Waals surface area (Å²) in [4.78, 5) is 27.4. The van der Waals surface area contributed by atoms with Crippen LogP contribution < -0.4 is 20.1 Å². The number of ether oxygens (including phenoxy) is 3. The highest BCUT2D eigenvalue weighted by molar-refractivity contribution is 7.52. The molecule has 1 fully saturated rings. The number of esters is 1. The molecule has 41 heavy (non-hydrogen) atoms. The molecule has 18 heteroatoms. The first-order chi connectivity index (χ1) is 19.6. The number of azide groups is 1. The standard InChI is InChI=1S/C23H30N9O8P/c1-4-36-16(33)11-27-41(35,40-14-9-7-6-8-10-14)38-12-15-18(34)23(3,30-31-25)21(39-15)32-13-26-17-19(32)28-22(24)29-20(17)37-5-2/h6-10,13,15,18,21,34H,4-5,11-12H2,1-3H3,(H,27,35)(H2,24,28,29)/t15-,18-,21-,23-,41?/m1/s1. The Morgan fingerprint density at radius 2 is 2.07 bits per heavy atom. The Labute approximate surface area is 234 Å². The Hall–Kier alpha value is -3.98. The molecule has 220 valence electrons. The van der Waals surface area contributed by atoms with Crippen molar-refractivity contribution in [1.29, 1.82) is 0 Å². The third-order valence-corrected chi connectivity index (χ3v) is 7.54. The van der Waals surface area contributed by atoms with Gasteiger partial charge < -0.3 is 29.6 Å². The number of nitrogens with two attached hydrogens (primary N) is 1. The number of rotatable bonds is 13. The zero-order chi connectivity index (χ0) is 29.6. The highest BCUT2D eigenvalue weighted by Gasteiger charge is 2.55. The number of aromatic nitrogens is 4. The number of para-hydroxylation sites is 1. The number of carbonyl (C=O) groups is 1. The lowest BCUT2D eigenvalue weighted by Crippen LogP contribution is -2.42. The maximum Gasteiger partial charge on any atom is 0.459 e. The lowest BCUT2D eigenvalue weighted by Gasteiger charge is -2.28. The molecule has 1 aliphatic rings. The number of hydrogen-bond acceptors (Lipinski definition) is 13. The van der Waals surface area contributed by atoms with Crippen molar-refractivity contribution in [3.8, 4) is 11.6 Å². The van der Waals surface area contributed by atoms with Gasteiger partial charge in [-0.2, -0.15) is 9.97 Å². The van der Waals surface area contributed by atoms with Crippen LogP contribution in [0, 0.1) is 0 Å². The molecule has 3 aromatic rings. The van der Waals surface area contributed by atoms with Crippen molar-refractivity contribution >= 4 is 30.8 Å². The fourth-order valence-corrected chi connectivity index (χ4v) is 5.44. The average Bonchev–Trinajstić information content (AvgIpc) is 3.46. The molecule has 0 radical (unpaired) electrons. The van der Waals surface area contributed by atoms with E-state index in [-0.39, 0.29) is 35.3 Å². The quantitative estimate of drug-likeness (QED) is 0.0853. The fraction of sp³-hybridized carbons (Fsp3) is 0.478. The molecule has 0 saturated carbocycles. The molecule has 1 aliphatic heterocycles. The van der Waals surface area contributed by atoms with E-state index in [1.165, 1.54) is 17.8 Å². The summed E-state index contributed by atoms with van der Waals surface area (Å²) in [5.41, 5.74) is 14.1. The van der Waals surface area contributed by atoms with Gasteiger partial charge >= 0.3 is 13.7 Å². The van der Waals surface area contributed by atoms with Gasteiger partial charge in [0.05, 0.1) is 32.3 Å². The number of aliphatic hydroxyl groups excluding tert-OH is 1. The smallest absolute Gasteiger partial charge is 0.459 e. The topological polar surface area (TPSA) is 231 Å². The second-order valence-corrected chi connectivity index (χ2v) is 10.6.